The molecule has 2 heteroatoms. The van der Waals surface area contributed by atoms with Gasteiger partial charge in [0.15, 0.2) is 11.8 Å². The van der Waals surface area contributed by atoms with Crippen LogP contribution in [0.3, 0.4) is 0 Å². The second-order valence-corrected chi connectivity index (χ2v) is 4.54. The molecule has 1 aromatic carbocycles. The summed E-state index contributed by atoms with van der Waals surface area (Å²) >= 11 is 0. The summed E-state index contributed by atoms with van der Waals surface area (Å²) in [6.45, 7) is 7.52. The van der Waals surface area contributed by atoms with Gasteiger partial charge in [0.1, 0.15) is 0 Å². The van der Waals surface area contributed by atoms with Gasteiger partial charge in [-0.3, -0.25) is 0 Å². The van der Waals surface area contributed by atoms with E-state index in [1.54, 1.807) is 6.21 Å². The van der Waals surface area contributed by atoms with Gasteiger partial charge in [0.05, 0.1) is 0 Å². The third-order valence-electron chi connectivity index (χ3n) is 3.35. The van der Waals surface area contributed by atoms with Gasteiger partial charge in [-0.2, -0.15) is 0 Å². The molecule has 0 spiro atoms. The van der Waals surface area contributed by atoms with Crippen molar-refractivity contribution < 1.29 is 4.74 Å². The minimum Gasteiger partial charge on any atom is -0.623 e. The van der Waals surface area contributed by atoms with Crippen molar-refractivity contribution >= 4 is 6.21 Å². The van der Waals surface area contributed by atoms with E-state index in [2.05, 4.69) is 19.2 Å². The number of benzene rings is 1. The molecule has 0 radical (unpaired) electrons. The highest BCUT2D eigenvalue weighted by atomic mass is 16.5. The van der Waals surface area contributed by atoms with E-state index in [9.17, 15) is 5.21 Å². The van der Waals surface area contributed by atoms with Gasteiger partial charge < -0.3 is 5.21 Å². The summed E-state index contributed by atoms with van der Waals surface area (Å²) in [5.74, 6) is 0. The quantitative estimate of drug-likeness (QED) is 0.441. The van der Waals surface area contributed by atoms with Crippen molar-refractivity contribution in [3.63, 3.8) is 0 Å². The molecule has 0 amide bonds. The van der Waals surface area contributed by atoms with Crippen LogP contribution in [-0.2, 0) is 6.42 Å². The first kappa shape index (κ1) is 11.6. The lowest BCUT2D eigenvalue weighted by Crippen LogP contribution is -2.44. The molecule has 1 aliphatic heterocycles. The fraction of sp³-hybridized carbons (Fsp3) is 0.267. The predicted octanol–water partition coefficient (Wildman–Crippen LogP) is 3.06. The predicted molar refractivity (Wildman–Crippen MR) is 71.3 cm³/mol. The van der Waals surface area contributed by atoms with Crippen LogP contribution in [0.5, 0.6) is 0 Å². The number of hydroxylamine groups is 1. The molecule has 1 heterocycles. The number of rotatable bonds is 4. The van der Waals surface area contributed by atoms with Crippen LogP contribution in [0.2, 0.25) is 0 Å². The van der Waals surface area contributed by atoms with E-state index < -0.39 is 5.54 Å². The van der Waals surface area contributed by atoms with Crippen molar-refractivity contribution in [1.29, 1.82) is 0 Å². The monoisotopic (exact) mass is 227 g/mol. The van der Waals surface area contributed by atoms with E-state index >= 15 is 0 Å². The molecular formula is C15H17NO. The van der Waals surface area contributed by atoms with Gasteiger partial charge >= 0.3 is 0 Å². The Labute approximate surface area is 102 Å². The lowest BCUT2D eigenvalue weighted by molar-refractivity contribution is -0.546. The number of hydrogen-bond acceptors (Lipinski definition) is 1. The van der Waals surface area contributed by atoms with Crippen LogP contribution >= 0.6 is 0 Å². The zero-order valence-electron chi connectivity index (χ0n) is 9.93. The van der Waals surface area contributed by atoms with Crippen molar-refractivity contribution in [3.05, 3.63) is 65.9 Å². The lowest BCUT2D eigenvalue weighted by Gasteiger charge is -2.33. The first-order valence-electron chi connectivity index (χ1n) is 5.83. The molecule has 0 fully saturated rings. The van der Waals surface area contributed by atoms with Gasteiger partial charge in [0.2, 0.25) is 0 Å². The summed E-state index contributed by atoms with van der Waals surface area (Å²) in [7, 11) is 0. The number of nitrogens with zero attached hydrogens (tertiary/aromatic N) is 1. The highest BCUT2D eigenvalue weighted by Gasteiger charge is 2.39. The molecule has 0 aromatic heterocycles. The van der Waals surface area contributed by atoms with E-state index in [-0.39, 0.29) is 0 Å². The summed E-state index contributed by atoms with van der Waals surface area (Å²) in [4.78, 5) is 0. The lowest BCUT2D eigenvalue weighted by atomic mass is 9.81. The molecule has 17 heavy (non-hydrogen) atoms. The van der Waals surface area contributed by atoms with E-state index in [0.717, 1.165) is 16.7 Å². The fourth-order valence-electron chi connectivity index (χ4n) is 2.46. The van der Waals surface area contributed by atoms with E-state index in [1.165, 1.54) is 5.56 Å². The second kappa shape index (κ2) is 4.58. The molecule has 88 valence electrons. The molecule has 2 rings (SSSR count). The molecule has 2 nitrogen and oxygen atoms in total. The van der Waals surface area contributed by atoms with Crippen molar-refractivity contribution in [2.45, 2.75) is 24.8 Å². The Hall–Kier alpha value is -1.83. The normalized spacial score (nSPS) is 16.8. The molecule has 1 aromatic rings. The third kappa shape index (κ3) is 2.03. The Morgan fingerprint density at radius 3 is 2.53 bits per heavy atom. The molecule has 0 saturated heterocycles. The minimum absolute atomic E-state index is 0.433. The van der Waals surface area contributed by atoms with Crippen LogP contribution in [0.15, 0.2) is 49.6 Å². The van der Waals surface area contributed by atoms with E-state index in [4.69, 9.17) is 0 Å². The van der Waals surface area contributed by atoms with Crippen molar-refractivity contribution in [2.24, 2.45) is 0 Å². The molecule has 0 bridgehead atoms. The minimum atomic E-state index is -0.433. The Morgan fingerprint density at radius 1 is 1.24 bits per heavy atom. The molecule has 0 saturated carbocycles. The summed E-state index contributed by atoms with van der Waals surface area (Å²) < 4.78 is 1.08. The highest BCUT2D eigenvalue weighted by Crippen LogP contribution is 2.30. The van der Waals surface area contributed by atoms with Gasteiger partial charge in [-0.1, -0.05) is 30.4 Å². The molecule has 0 N–H and O–H groups in total. The average Bonchev–Trinajstić information content (AvgIpc) is 2.31. The maximum Gasteiger partial charge on any atom is 0.183 e. The van der Waals surface area contributed by atoms with Gasteiger partial charge in [-0.25, -0.2) is 4.74 Å². The van der Waals surface area contributed by atoms with Crippen LogP contribution in [0.1, 0.15) is 24.0 Å². The van der Waals surface area contributed by atoms with Gasteiger partial charge in [0, 0.05) is 24.8 Å². The Kier molecular flexibility index (Phi) is 3.14. The van der Waals surface area contributed by atoms with Gasteiger partial charge in [0.25, 0.3) is 0 Å². The zero-order valence-corrected chi connectivity index (χ0v) is 9.93. The topological polar surface area (TPSA) is 26.1 Å². The number of hydrogen-bond donors (Lipinski definition) is 0. The van der Waals surface area contributed by atoms with Crippen LogP contribution in [0.4, 0.5) is 0 Å². The fourth-order valence-corrected chi connectivity index (χ4v) is 2.46. The van der Waals surface area contributed by atoms with E-state index in [1.807, 2.05) is 30.4 Å². The van der Waals surface area contributed by atoms with Crippen LogP contribution in [0.25, 0.3) is 0 Å². The second-order valence-electron chi connectivity index (χ2n) is 4.54. The standard InChI is InChI=1S/C15H17NO/c1-3-9-15(10-4-2)11-13-7-5-6-8-14(13)12-16(15)17/h3-8,12H,1-2,9-11H2. The molecular weight excluding hydrogens is 210 g/mol. The van der Waals surface area contributed by atoms with Gasteiger partial charge in [-0.15, -0.1) is 13.2 Å². The van der Waals surface area contributed by atoms with Crippen molar-refractivity contribution in [2.75, 3.05) is 0 Å². The zero-order chi connectivity index (χ0) is 12.3. The number of fused-ring (bicyclic) bond motifs is 1. The average molecular weight is 227 g/mol. The third-order valence-corrected chi connectivity index (χ3v) is 3.35. The first-order chi connectivity index (χ1) is 8.22. The molecule has 0 atom stereocenters. The largest absolute Gasteiger partial charge is 0.623 e. The Balaban J connectivity index is 2.45. The Bertz CT molecular complexity index is 464. The molecule has 0 unspecified atom stereocenters. The van der Waals surface area contributed by atoms with Crippen molar-refractivity contribution in [3.8, 4) is 0 Å². The van der Waals surface area contributed by atoms with Crippen LogP contribution in [-0.4, -0.2) is 16.5 Å². The summed E-state index contributed by atoms with van der Waals surface area (Å²) in [6.07, 6.45) is 7.42. The van der Waals surface area contributed by atoms with Gasteiger partial charge in [-0.05, 0) is 11.6 Å². The smallest absolute Gasteiger partial charge is 0.183 e. The maximum absolute atomic E-state index is 12.2. The van der Waals surface area contributed by atoms with E-state index in [0.29, 0.717) is 12.8 Å². The SMILES string of the molecule is C=CCC1(CC=C)Cc2ccccc2C=[N+]1[O-]. The Morgan fingerprint density at radius 2 is 1.88 bits per heavy atom. The molecule has 1 aliphatic rings. The highest BCUT2D eigenvalue weighted by molar-refractivity contribution is 5.79. The van der Waals surface area contributed by atoms with Crippen molar-refractivity contribution in [1.82, 2.24) is 0 Å². The van der Waals surface area contributed by atoms with Crippen LogP contribution < -0.4 is 0 Å². The summed E-state index contributed by atoms with van der Waals surface area (Å²) in [5, 5.41) is 12.2. The summed E-state index contributed by atoms with van der Waals surface area (Å²) in [6, 6.07) is 8.03. The van der Waals surface area contributed by atoms with Crippen LogP contribution in [0, 0.1) is 5.21 Å². The summed E-state index contributed by atoms with van der Waals surface area (Å²) in [5.41, 5.74) is 1.81. The first-order valence-corrected chi connectivity index (χ1v) is 5.83. The molecule has 0 aliphatic carbocycles. The maximum atomic E-state index is 12.2.